The Morgan fingerprint density at radius 2 is 2.00 bits per heavy atom. The monoisotopic (exact) mass is 344 g/mol. The Morgan fingerprint density at radius 1 is 1.25 bits per heavy atom. The van der Waals surface area contributed by atoms with Gasteiger partial charge >= 0.3 is 5.97 Å². The lowest BCUT2D eigenvalue weighted by Gasteiger charge is -2.02. The fraction of sp³-hybridized carbons (Fsp3) is 0.125. The number of carboxylic acid groups (broad SMARTS) is 1. The second-order valence-corrected chi connectivity index (χ2v) is 5.40. The van der Waals surface area contributed by atoms with E-state index in [0.29, 0.717) is 17.9 Å². The summed E-state index contributed by atoms with van der Waals surface area (Å²) in [6.07, 6.45) is 0. The van der Waals surface area contributed by atoms with Crippen LogP contribution in [0, 0.1) is 0 Å². The lowest BCUT2D eigenvalue weighted by atomic mass is 10.1. The summed E-state index contributed by atoms with van der Waals surface area (Å²) in [5.41, 5.74) is 1.64. The molecule has 1 aromatic heterocycles. The molecule has 0 saturated carbocycles. The number of halogens is 1. The number of rotatable bonds is 5. The molecule has 7 nitrogen and oxygen atoms in total. The Morgan fingerprint density at radius 3 is 2.62 bits per heavy atom. The Hall–Kier alpha value is -2.93. The number of aromatic nitrogens is 4. The molecule has 24 heavy (non-hydrogen) atoms. The molecule has 1 heterocycles. The number of benzene rings is 2. The first-order valence-electron chi connectivity index (χ1n) is 7.01. The van der Waals surface area contributed by atoms with E-state index in [1.54, 1.807) is 13.2 Å². The maximum absolute atomic E-state index is 11.0. The molecule has 0 saturated heterocycles. The highest BCUT2D eigenvalue weighted by molar-refractivity contribution is 6.33. The van der Waals surface area contributed by atoms with Crippen LogP contribution in [0.5, 0.6) is 5.75 Å². The molecule has 3 rings (SSSR count). The predicted octanol–water partition coefficient (Wildman–Crippen LogP) is 2.75. The van der Waals surface area contributed by atoms with Crippen molar-refractivity contribution < 1.29 is 14.6 Å². The number of hydrogen-bond acceptors (Lipinski definition) is 5. The predicted molar refractivity (Wildman–Crippen MR) is 87.3 cm³/mol. The molecule has 0 amide bonds. The first-order chi connectivity index (χ1) is 11.6. The second-order valence-electron chi connectivity index (χ2n) is 4.99. The Bertz CT molecular complexity index is 877. The molecule has 3 aromatic rings. The molecular weight excluding hydrogens is 332 g/mol. The van der Waals surface area contributed by atoms with E-state index in [1.165, 1.54) is 16.9 Å². The molecule has 0 aliphatic carbocycles. The van der Waals surface area contributed by atoms with E-state index < -0.39 is 5.97 Å². The summed E-state index contributed by atoms with van der Waals surface area (Å²) in [5, 5.41) is 21.4. The smallest absolute Gasteiger partial charge is 0.337 e. The molecule has 0 bridgehead atoms. The maximum Gasteiger partial charge on any atom is 0.337 e. The van der Waals surface area contributed by atoms with Gasteiger partial charge in [-0.1, -0.05) is 29.8 Å². The molecule has 2 aromatic carbocycles. The summed E-state index contributed by atoms with van der Waals surface area (Å²) in [6.45, 7) is 0.456. The number of aromatic carboxylic acids is 1. The molecule has 0 atom stereocenters. The van der Waals surface area contributed by atoms with E-state index >= 15 is 0 Å². The van der Waals surface area contributed by atoms with Crippen molar-refractivity contribution in [2.75, 3.05) is 7.11 Å². The normalized spacial score (nSPS) is 10.6. The zero-order valence-corrected chi connectivity index (χ0v) is 13.4. The van der Waals surface area contributed by atoms with Crippen LogP contribution < -0.4 is 4.74 Å². The van der Waals surface area contributed by atoms with Gasteiger partial charge in [0.05, 0.1) is 24.2 Å². The van der Waals surface area contributed by atoms with Crippen LogP contribution in [0.15, 0.2) is 42.5 Å². The van der Waals surface area contributed by atoms with Gasteiger partial charge in [0, 0.05) is 5.56 Å². The van der Waals surface area contributed by atoms with Crippen LogP contribution in [-0.2, 0) is 6.54 Å². The van der Waals surface area contributed by atoms with Gasteiger partial charge in [-0.15, -0.1) is 10.2 Å². The summed E-state index contributed by atoms with van der Waals surface area (Å²) in [5.74, 6) is 0.0733. The fourth-order valence-electron chi connectivity index (χ4n) is 2.15. The molecule has 122 valence electrons. The Labute approximate surface area is 142 Å². The van der Waals surface area contributed by atoms with Crippen molar-refractivity contribution in [3.63, 3.8) is 0 Å². The molecule has 0 radical (unpaired) electrons. The Balaban J connectivity index is 1.79. The van der Waals surface area contributed by atoms with Crippen LogP contribution in [0.3, 0.4) is 0 Å². The average Bonchev–Trinajstić information content (AvgIpc) is 3.03. The van der Waals surface area contributed by atoms with Crippen molar-refractivity contribution in [2.24, 2.45) is 0 Å². The lowest BCUT2D eigenvalue weighted by molar-refractivity contribution is 0.0697. The van der Waals surface area contributed by atoms with Crippen LogP contribution in [0.1, 0.15) is 15.9 Å². The number of carboxylic acids is 1. The van der Waals surface area contributed by atoms with E-state index in [0.717, 1.165) is 11.3 Å². The van der Waals surface area contributed by atoms with Crippen molar-refractivity contribution in [1.29, 1.82) is 0 Å². The van der Waals surface area contributed by atoms with Crippen molar-refractivity contribution in [1.82, 2.24) is 20.2 Å². The number of hydrogen-bond donors (Lipinski definition) is 1. The summed E-state index contributed by atoms with van der Waals surface area (Å²) in [6, 6.07) is 12.1. The second kappa shape index (κ2) is 6.67. The number of nitrogens with zero attached hydrogens (tertiary/aromatic N) is 4. The first-order valence-corrected chi connectivity index (χ1v) is 7.38. The van der Waals surface area contributed by atoms with Crippen molar-refractivity contribution >= 4 is 17.6 Å². The fourth-order valence-corrected chi connectivity index (χ4v) is 2.41. The van der Waals surface area contributed by atoms with E-state index in [2.05, 4.69) is 15.4 Å². The molecular formula is C16H13ClN4O3. The Kier molecular flexibility index (Phi) is 4.43. The van der Waals surface area contributed by atoms with Gasteiger partial charge in [-0.2, -0.15) is 4.80 Å². The van der Waals surface area contributed by atoms with Crippen molar-refractivity contribution in [3.8, 4) is 17.1 Å². The highest BCUT2D eigenvalue weighted by Crippen LogP contribution is 2.23. The van der Waals surface area contributed by atoms with Gasteiger partial charge in [-0.3, -0.25) is 0 Å². The van der Waals surface area contributed by atoms with Crippen LogP contribution in [0.25, 0.3) is 11.4 Å². The third kappa shape index (κ3) is 3.36. The molecule has 0 aliphatic rings. The summed E-state index contributed by atoms with van der Waals surface area (Å²) >= 11 is 5.96. The summed E-state index contributed by atoms with van der Waals surface area (Å²) in [7, 11) is 1.61. The molecule has 1 N–H and O–H groups in total. The van der Waals surface area contributed by atoms with Crippen molar-refractivity contribution in [2.45, 2.75) is 6.54 Å². The third-order valence-corrected chi connectivity index (χ3v) is 3.71. The standard InChI is InChI=1S/C16H13ClN4O3/c1-24-12-5-2-10(3-6-12)9-21-19-15(18-20-21)11-4-7-13(16(22)23)14(17)8-11/h2-8H,9H2,1H3,(H,22,23). The van der Waals surface area contributed by atoms with Gasteiger partial charge < -0.3 is 9.84 Å². The average molecular weight is 345 g/mol. The maximum atomic E-state index is 11.0. The van der Waals surface area contributed by atoms with Crippen LogP contribution >= 0.6 is 11.6 Å². The molecule has 0 unspecified atom stereocenters. The highest BCUT2D eigenvalue weighted by Gasteiger charge is 2.12. The van der Waals surface area contributed by atoms with E-state index in [1.807, 2.05) is 24.3 Å². The zero-order valence-electron chi connectivity index (χ0n) is 12.7. The van der Waals surface area contributed by atoms with Gasteiger partial charge in [0.2, 0.25) is 5.82 Å². The molecule has 0 aliphatic heterocycles. The minimum absolute atomic E-state index is 0.0334. The SMILES string of the molecule is COc1ccc(Cn2nnc(-c3ccc(C(=O)O)c(Cl)c3)n2)cc1. The van der Waals surface area contributed by atoms with Gasteiger partial charge in [-0.05, 0) is 35.0 Å². The zero-order chi connectivity index (χ0) is 17.1. The highest BCUT2D eigenvalue weighted by atomic mass is 35.5. The van der Waals surface area contributed by atoms with Gasteiger partial charge in [-0.25, -0.2) is 4.79 Å². The van der Waals surface area contributed by atoms with Gasteiger partial charge in [0.15, 0.2) is 0 Å². The van der Waals surface area contributed by atoms with Crippen molar-refractivity contribution in [3.05, 3.63) is 58.6 Å². The van der Waals surface area contributed by atoms with Gasteiger partial charge in [0.25, 0.3) is 0 Å². The minimum Gasteiger partial charge on any atom is -0.497 e. The molecule has 0 spiro atoms. The van der Waals surface area contributed by atoms with Crippen LogP contribution in [0.2, 0.25) is 5.02 Å². The van der Waals surface area contributed by atoms with Crippen LogP contribution in [0.4, 0.5) is 0 Å². The third-order valence-electron chi connectivity index (χ3n) is 3.39. The number of ether oxygens (including phenoxy) is 1. The van der Waals surface area contributed by atoms with Crippen LogP contribution in [-0.4, -0.2) is 38.4 Å². The molecule has 0 fully saturated rings. The first kappa shape index (κ1) is 15.9. The largest absolute Gasteiger partial charge is 0.497 e. The quantitative estimate of drug-likeness (QED) is 0.765. The van der Waals surface area contributed by atoms with E-state index in [9.17, 15) is 4.79 Å². The van der Waals surface area contributed by atoms with E-state index in [4.69, 9.17) is 21.4 Å². The van der Waals surface area contributed by atoms with E-state index in [-0.39, 0.29) is 10.6 Å². The number of carbonyl (C=O) groups is 1. The summed E-state index contributed by atoms with van der Waals surface area (Å²) < 4.78 is 5.11. The minimum atomic E-state index is -1.08. The van der Waals surface area contributed by atoms with Gasteiger partial charge in [0.1, 0.15) is 5.75 Å². The number of tetrazole rings is 1. The number of methoxy groups -OCH3 is 1. The lowest BCUT2D eigenvalue weighted by Crippen LogP contribution is -2.04. The topological polar surface area (TPSA) is 90.1 Å². The summed E-state index contributed by atoms with van der Waals surface area (Å²) in [4.78, 5) is 12.4. The molecule has 8 heteroatoms.